The summed E-state index contributed by atoms with van der Waals surface area (Å²) in [7, 11) is 0. The molecule has 0 aromatic carbocycles. The molecule has 1 saturated heterocycles. The Hall–Kier alpha value is -1.99. The average molecular weight is 303 g/mol. The summed E-state index contributed by atoms with van der Waals surface area (Å²) < 4.78 is 19.4. The Bertz CT molecular complexity index is 403. The van der Waals surface area contributed by atoms with Crippen LogP contribution in [0.15, 0.2) is 0 Å². The van der Waals surface area contributed by atoms with Gasteiger partial charge in [-0.05, 0) is 27.7 Å². The lowest BCUT2D eigenvalue weighted by Gasteiger charge is -2.29. The van der Waals surface area contributed by atoms with Gasteiger partial charge < -0.3 is 24.3 Å². The highest BCUT2D eigenvalue weighted by Gasteiger charge is 2.41. The van der Waals surface area contributed by atoms with Crippen molar-refractivity contribution in [2.75, 3.05) is 26.4 Å². The van der Waals surface area contributed by atoms with Crippen LogP contribution >= 0.6 is 0 Å². The number of amides is 1. The van der Waals surface area contributed by atoms with Crippen LogP contribution in [0.25, 0.3) is 0 Å². The van der Waals surface area contributed by atoms with Gasteiger partial charge in [-0.25, -0.2) is 9.59 Å². The van der Waals surface area contributed by atoms with Gasteiger partial charge in [0.1, 0.15) is 30.8 Å². The normalized spacial score (nSPS) is 17.2. The maximum atomic E-state index is 11.9. The maximum Gasteiger partial charge on any atom is 0.508 e. The maximum absolute atomic E-state index is 11.9. The fourth-order valence-corrected chi connectivity index (χ4v) is 1.42. The summed E-state index contributed by atoms with van der Waals surface area (Å²) in [5, 5.41) is 2.46. The van der Waals surface area contributed by atoms with Crippen molar-refractivity contribution in [2.45, 2.75) is 33.3 Å². The number of ether oxygens (including phenoxy) is 4. The van der Waals surface area contributed by atoms with Gasteiger partial charge in [0.05, 0.1) is 6.54 Å². The van der Waals surface area contributed by atoms with E-state index in [1.165, 1.54) is 0 Å². The van der Waals surface area contributed by atoms with Crippen LogP contribution in [-0.2, 0) is 23.7 Å². The lowest BCUT2D eigenvalue weighted by molar-refractivity contribution is -0.165. The van der Waals surface area contributed by atoms with E-state index in [0.717, 1.165) is 0 Å². The Balaban J connectivity index is 2.25. The van der Waals surface area contributed by atoms with Gasteiger partial charge >= 0.3 is 18.2 Å². The minimum Gasteiger partial charge on any atom is -0.463 e. The van der Waals surface area contributed by atoms with Gasteiger partial charge in [-0.1, -0.05) is 0 Å². The van der Waals surface area contributed by atoms with Crippen LogP contribution in [0.3, 0.4) is 0 Å². The molecule has 1 heterocycles. The summed E-state index contributed by atoms with van der Waals surface area (Å²) >= 11 is 0. The summed E-state index contributed by atoms with van der Waals surface area (Å²) in [4.78, 5) is 34.0. The Morgan fingerprint density at radius 3 is 2.38 bits per heavy atom. The van der Waals surface area contributed by atoms with E-state index in [0.29, 0.717) is 0 Å². The average Bonchev–Trinajstić information content (AvgIpc) is 2.36. The quantitative estimate of drug-likeness (QED) is 0.473. The first kappa shape index (κ1) is 17.1. The molecule has 120 valence electrons. The van der Waals surface area contributed by atoms with Gasteiger partial charge in [0.15, 0.2) is 0 Å². The van der Waals surface area contributed by atoms with Gasteiger partial charge in [-0.2, -0.15) is 0 Å². The highest BCUT2D eigenvalue weighted by Crippen LogP contribution is 2.23. The molecule has 0 spiro atoms. The van der Waals surface area contributed by atoms with Gasteiger partial charge in [0.2, 0.25) is 0 Å². The van der Waals surface area contributed by atoms with Crippen LogP contribution in [0.5, 0.6) is 0 Å². The second-order valence-corrected chi connectivity index (χ2v) is 5.95. The molecule has 8 heteroatoms. The van der Waals surface area contributed by atoms with E-state index in [2.05, 4.69) is 14.8 Å². The summed E-state index contributed by atoms with van der Waals surface area (Å²) in [6.45, 7) is 6.74. The zero-order valence-corrected chi connectivity index (χ0v) is 12.7. The van der Waals surface area contributed by atoms with Crippen molar-refractivity contribution < 1.29 is 33.3 Å². The molecule has 0 aromatic rings. The lowest BCUT2D eigenvalue weighted by Crippen LogP contribution is -2.44. The monoisotopic (exact) mass is 303 g/mol. The Labute approximate surface area is 123 Å². The molecule has 0 radical (unpaired) electrons. The SMILES string of the molecule is CC(C)(C)OC(=O)NCCOC(=O)C1(C)COC(=O)OC1. The zero-order valence-electron chi connectivity index (χ0n) is 12.7. The highest BCUT2D eigenvalue weighted by molar-refractivity contribution is 5.78. The molecule has 21 heavy (non-hydrogen) atoms. The number of alkyl carbamates (subject to hydrolysis) is 1. The summed E-state index contributed by atoms with van der Waals surface area (Å²) in [6.07, 6.45) is -1.38. The Kier molecular flexibility index (Phi) is 5.40. The van der Waals surface area contributed by atoms with Crippen molar-refractivity contribution in [1.29, 1.82) is 0 Å². The van der Waals surface area contributed by atoms with E-state index >= 15 is 0 Å². The standard InChI is InChI=1S/C13H21NO7/c1-12(2,3)21-10(16)14-5-6-18-9(15)13(4)7-19-11(17)20-8-13/h5-8H2,1-4H3,(H,14,16). The van der Waals surface area contributed by atoms with Gasteiger partial charge in [0.25, 0.3) is 0 Å². The van der Waals surface area contributed by atoms with Gasteiger partial charge in [-0.3, -0.25) is 4.79 Å². The van der Waals surface area contributed by atoms with Crippen molar-refractivity contribution in [1.82, 2.24) is 5.32 Å². The van der Waals surface area contributed by atoms with Gasteiger partial charge in [0, 0.05) is 0 Å². The summed E-state index contributed by atoms with van der Waals surface area (Å²) in [5.74, 6) is -0.555. The molecule has 8 nitrogen and oxygen atoms in total. The van der Waals surface area contributed by atoms with E-state index in [-0.39, 0.29) is 26.4 Å². The molecule has 1 aliphatic heterocycles. The third-order valence-electron chi connectivity index (χ3n) is 2.51. The van der Waals surface area contributed by atoms with E-state index in [9.17, 15) is 14.4 Å². The Morgan fingerprint density at radius 1 is 1.29 bits per heavy atom. The molecule has 1 rings (SSSR count). The topological polar surface area (TPSA) is 100 Å². The van der Waals surface area contributed by atoms with Crippen LogP contribution < -0.4 is 5.32 Å². The number of hydrogen-bond donors (Lipinski definition) is 1. The summed E-state index contributed by atoms with van der Waals surface area (Å²) in [6, 6.07) is 0. The van der Waals surface area contributed by atoms with Crippen LogP contribution in [0, 0.1) is 5.41 Å². The minimum absolute atomic E-state index is 0.0123. The smallest absolute Gasteiger partial charge is 0.463 e. The second-order valence-electron chi connectivity index (χ2n) is 5.95. The first-order valence-electron chi connectivity index (χ1n) is 6.56. The highest BCUT2D eigenvalue weighted by atomic mass is 16.7. The van der Waals surface area contributed by atoms with Crippen molar-refractivity contribution >= 4 is 18.2 Å². The van der Waals surface area contributed by atoms with E-state index in [1.807, 2.05) is 0 Å². The largest absolute Gasteiger partial charge is 0.508 e. The molecule has 0 aliphatic carbocycles. The van der Waals surface area contributed by atoms with Crippen LogP contribution in [0.2, 0.25) is 0 Å². The molecule has 0 aromatic heterocycles. The number of cyclic esters (lactones) is 2. The third kappa shape index (κ3) is 5.88. The van der Waals surface area contributed by atoms with Crippen LogP contribution in [0.4, 0.5) is 9.59 Å². The number of rotatable bonds is 4. The number of esters is 1. The molecule has 0 unspecified atom stereocenters. The predicted octanol–water partition coefficient (Wildman–Crippen LogP) is 1.23. The molecule has 0 bridgehead atoms. The number of hydrogen-bond acceptors (Lipinski definition) is 7. The lowest BCUT2D eigenvalue weighted by atomic mass is 9.93. The fourth-order valence-electron chi connectivity index (χ4n) is 1.42. The molecular formula is C13H21NO7. The van der Waals surface area contributed by atoms with E-state index in [4.69, 9.17) is 9.47 Å². The molecule has 1 N–H and O–H groups in total. The minimum atomic E-state index is -1.03. The first-order chi connectivity index (χ1) is 9.62. The summed E-state index contributed by atoms with van der Waals surface area (Å²) in [5.41, 5.74) is -1.61. The van der Waals surface area contributed by atoms with Crippen molar-refractivity contribution in [3.05, 3.63) is 0 Å². The molecular weight excluding hydrogens is 282 g/mol. The zero-order chi connectivity index (χ0) is 16.1. The predicted molar refractivity (Wildman–Crippen MR) is 70.6 cm³/mol. The second kappa shape index (κ2) is 6.64. The molecule has 1 fully saturated rings. The van der Waals surface area contributed by atoms with Crippen LogP contribution in [0.1, 0.15) is 27.7 Å². The Morgan fingerprint density at radius 2 is 1.86 bits per heavy atom. The van der Waals surface area contributed by atoms with Gasteiger partial charge in [-0.15, -0.1) is 0 Å². The van der Waals surface area contributed by atoms with Crippen molar-refractivity contribution in [3.8, 4) is 0 Å². The molecule has 1 aliphatic rings. The molecule has 1 amide bonds. The fraction of sp³-hybridized carbons (Fsp3) is 0.769. The third-order valence-corrected chi connectivity index (χ3v) is 2.51. The van der Waals surface area contributed by atoms with Crippen molar-refractivity contribution in [2.24, 2.45) is 5.41 Å². The van der Waals surface area contributed by atoms with E-state index < -0.39 is 29.2 Å². The molecule has 0 atom stereocenters. The van der Waals surface area contributed by atoms with Crippen molar-refractivity contribution in [3.63, 3.8) is 0 Å². The number of carbonyl (C=O) groups excluding carboxylic acids is 3. The number of nitrogens with one attached hydrogen (secondary N) is 1. The van der Waals surface area contributed by atoms with Crippen LogP contribution in [-0.4, -0.2) is 50.2 Å². The molecule has 0 saturated carbocycles. The number of carbonyl (C=O) groups is 3. The first-order valence-corrected chi connectivity index (χ1v) is 6.56. The van der Waals surface area contributed by atoms with E-state index in [1.54, 1.807) is 27.7 Å².